The van der Waals surface area contributed by atoms with Crippen molar-refractivity contribution in [3.8, 4) is 39.1 Å². The van der Waals surface area contributed by atoms with Gasteiger partial charge in [-0.15, -0.1) is 0 Å². The molecule has 8 rings (SSSR count). The molecule has 0 atom stereocenters. The molecular weight excluding hydrogens is 458 g/mol. The van der Waals surface area contributed by atoms with Gasteiger partial charge in [-0.2, -0.15) is 0 Å². The molecule has 0 fully saturated rings. The van der Waals surface area contributed by atoms with Crippen LogP contribution in [0.1, 0.15) is 11.1 Å². The van der Waals surface area contributed by atoms with Crippen molar-refractivity contribution in [3.05, 3.63) is 151 Å². The van der Waals surface area contributed by atoms with Gasteiger partial charge in [-0.05, 0) is 81.3 Å². The van der Waals surface area contributed by atoms with E-state index in [1.807, 2.05) is 0 Å². The summed E-state index contributed by atoms with van der Waals surface area (Å²) >= 11 is 0. The quantitative estimate of drug-likeness (QED) is 0.236. The predicted molar refractivity (Wildman–Crippen MR) is 160 cm³/mol. The molecule has 0 spiro atoms. The fourth-order valence-electron chi connectivity index (χ4n) is 6.31. The average Bonchev–Trinajstić information content (AvgIpc) is 3.53. The van der Waals surface area contributed by atoms with E-state index in [2.05, 4.69) is 144 Å². The van der Waals surface area contributed by atoms with Gasteiger partial charge >= 0.3 is 0 Å². The Balaban J connectivity index is 1.32. The van der Waals surface area contributed by atoms with Gasteiger partial charge in [0.2, 0.25) is 0 Å². The third kappa shape index (κ3) is 3.19. The third-order valence-electron chi connectivity index (χ3n) is 8.03. The average molecular weight is 484 g/mol. The minimum absolute atomic E-state index is 0.989. The lowest BCUT2D eigenvalue weighted by Crippen LogP contribution is -1.94. The Kier molecular flexibility index (Phi) is 4.65. The molecule has 178 valence electrons. The highest BCUT2D eigenvalue weighted by Gasteiger charge is 2.24. The zero-order chi connectivity index (χ0) is 25.1. The molecule has 1 aromatic heterocycles. The summed E-state index contributed by atoms with van der Waals surface area (Å²) in [4.78, 5) is 0. The lowest BCUT2D eigenvalue weighted by molar-refractivity contribution is 1.18. The SMILES string of the molecule is c1ccc(-c2cccc(-c3cccc(-n4c5ccccc5c5c6c(ccc54)-c4ccccc4C6)c3)c2)cc1. The summed E-state index contributed by atoms with van der Waals surface area (Å²) in [6.07, 6.45) is 0.989. The van der Waals surface area contributed by atoms with Gasteiger partial charge in [0.25, 0.3) is 0 Å². The highest BCUT2D eigenvalue weighted by Crippen LogP contribution is 2.44. The zero-order valence-electron chi connectivity index (χ0n) is 20.9. The van der Waals surface area contributed by atoms with Gasteiger partial charge in [-0.25, -0.2) is 0 Å². The topological polar surface area (TPSA) is 4.93 Å². The molecule has 0 saturated heterocycles. The molecule has 0 unspecified atom stereocenters. The minimum atomic E-state index is 0.989. The second kappa shape index (κ2) is 8.33. The van der Waals surface area contributed by atoms with E-state index >= 15 is 0 Å². The lowest BCUT2D eigenvalue weighted by atomic mass is 9.99. The first-order chi connectivity index (χ1) is 18.8. The first kappa shape index (κ1) is 21.2. The Bertz CT molecular complexity index is 1990. The molecule has 1 heteroatoms. The molecule has 0 N–H and O–H groups in total. The molecule has 6 aromatic carbocycles. The number of aromatic nitrogens is 1. The first-order valence-electron chi connectivity index (χ1n) is 13.2. The van der Waals surface area contributed by atoms with Crippen LogP contribution in [0, 0.1) is 0 Å². The van der Waals surface area contributed by atoms with Crippen LogP contribution in [-0.2, 0) is 6.42 Å². The van der Waals surface area contributed by atoms with Crippen molar-refractivity contribution in [3.63, 3.8) is 0 Å². The van der Waals surface area contributed by atoms with Crippen molar-refractivity contribution in [2.24, 2.45) is 0 Å². The zero-order valence-corrected chi connectivity index (χ0v) is 20.9. The Morgan fingerprint density at radius 3 is 2.03 bits per heavy atom. The smallest absolute Gasteiger partial charge is 0.0544 e. The molecule has 7 aromatic rings. The standard InChI is InChI=1S/C37H25N/c1-2-10-25(11-3-1)26-13-8-14-27(22-26)28-15-9-16-30(23-28)38-35-19-7-6-18-33(35)37-34-24-29-12-4-5-17-31(29)32(34)20-21-36(37)38/h1-23H,24H2. The number of hydrogen-bond acceptors (Lipinski definition) is 0. The van der Waals surface area contributed by atoms with Gasteiger partial charge < -0.3 is 4.57 Å². The minimum Gasteiger partial charge on any atom is -0.309 e. The van der Waals surface area contributed by atoms with Crippen LogP contribution >= 0.6 is 0 Å². The molecule has 1 aliphatic rings. The van der Waals surface area contributed by atoms with E-state index in [9.17, 15) is 0 Å². The van der Waals surface area contributed by atoms with Crippen molar-refractivity contribution in [1.29, 1.82) is 0 Å². The van der Waals surface area contributed by atoms with Crippen molar-refractivity contribution < 1.29 is 0 Å². The molecule has 0 amide bonds. The second-order valence-electron chi connectivity index (χ2n) is 10.2. The highest BCUT2D eigenvalue weighted by atomic mass is 15.0. The van der Waals surface area contributed by atoms with Gasteiger partial charge in [0, 0.05) is 16.5 Å². The van der Waals surface area contributed by atoms with Crippen LogP contribution in [0.15, 0.2) is 140 Å². The molecule has 1 heterocycles. The summed E-state index contributed by atoms with van der Waals surface area (Å²) in [5, 5.41) is 2.70. The molecule has 0 saturated carbocycles. The van der Waals surface area contributed by atoms with Crippen LogP contribution in [0.5, 0.6) is 0 Å². The molecule has 38 heavy (non-hydrogen) atoms. The largest absolute Gasteiger partial charge is 0.309 e. The number of para-hydroxylation sites is 1. The van der Waals surface area contributed by atoms with Gasteiger partial charge in [0.15, 0.2) is 0 Å². The molecule has 1 aliphatic carbocycles. The maximum Gasteiger partial charge on any atom is 0.0544 e. The summed E-state index contributed by atoms with van der Waals surface area (Å²) in [5.74, 6) is 0. The first-order valence-corrected chi connectivity index (χ1v) is 13.2. The molecule has 1 nitrogen and oxygen atoms in total. The number of benzene rings is 6. The summed E-state index contributed by atoms with van der Waals surface area (Å²) in [6, 6.07) is 50.8. The number of rotatable bonds is 3. The molecule has 0 aliphatic heterocycles. The number of fused-ring (bicyclic) bond motifs is 7. The van der Waals surface area contributed by atoms with Crippen molar-refractivity contribution in [2.45, 2.75) is 6.42 Å². The summed E-state index contributed by atoms with van der Waals surface area (Å²) in [6.45, 7) is 0. The van der Waals surface area contributed by atoms with Gasteiger partial charge in [0.1, 0.15) is 0 Å². The normalized spacial score (nSPS) is 12.1. The van der Waals surface area contributed by atoms with Gasteiger partial charge in [0.05, 0.1) is 11.0 Å². The fourth-order valence-corrected chi connectivity index (χ4v) is 6.31. The Morgan fingerprint density at radius 1 is 0.447 bits per heavy atom. The monoisotopic (exact) mass is 483 g/mol. The number of hydrogen-bond donors (Lipinski definition) is 0. The van der Waals surface area contributed by atoms with E-state index in [0.717, 1.165) is 6.42 Å². The van der Waals surface area contributed by atoms with Crippen molar-refractivity contribution >= 4 is 21.8 Å². The van der Waals surface area contributed by atoms with E-state index in [0.29, 0.717) is 0 Å². The van der Waals surface area contributed by atoms with Crippen molar-refractivity contribution in [2.75, 3.05) is 0 Å². The van der Waals surface area contributed by atoms with Crippen LogP contribution < -0.4 is 0 Å². The number of nitrogens with zero attached hydrogens (tertiary/aromatic N) is 1. The Hall–Kier alpha value is -4.88. The Morgan fingerprint density at radius 2 is 1.13 bits per heavy atom. The van der Waals surface area contributed by atoms with E-state index in [1.165, 1.54) is 72.0 Å². The predicted octanol–water partition coefficient (Wildman–Crippen LogP) is 9.69. The summed E-state index contributed by atoms with van der Waals surface area (Å²) < 4.78 is 2.44. The highest BCUT2D eigenvalue weighted by molar-refractivity contribution is 6.13. The van der Waals surface area contributed by atoms with Crippen LogP contribution in [0.2, 0.25) is 0 Å². The molecule has 0 bridgehead atoms. The van der Waals surface area contributed by atoms with E-state index < -0.39 is 0 Å². The summed E-state index contributed by atoms with van der Waals surface area (Å²) in [7, 11) is 0. The van der Waals surface area contributed by atoms with Crippen LogP contribution in [0.25, 0.3) is 60.9 Å². The van der Waals surface area contributed by atoms with Crippen LogP contribution in [0.4, 0.5) is 0 Å². The van der Waals surface area contributed by atoms with Crippen molar-refractivity contribution in [1.82, 2.24) is 4.57 Å². The maximum atomic E-state index is 2.44. The maximum absolute atomic E-state index is 2.44. The summed E-state index contributed by atoms with van der Waals surface area (Å²) in [5.41, 5.74) is 14.3. The van der Waals surface area contributed by atoms with Gasteiger partial charge in [-0.3, -0.25) is 0 Å². The van der Waals surface area contributed by atoms with E-state index in [-0.39, 0.29) is 0 Å². The van der Waals surface area contributed by atoms with Crippen LogP contribution in [0.3, 0.4) is 0 Å². The third-order valence-corrected chi connectivity index (χ3v) is 8.03. The lowest BCUT2D eigenvalue weighted by Gasteiger charge is -2.12. The molecular formula is C37H25N. The Labute approximate surface area is 222 Å². The fraction of sp³-hybridized carbons (Fsp3) is 0.0270. The van der Waals surface area contributed by atoms with Crippen LogP contribution in [-0.4, -0.2) is 4.57 Å². The second-order valence-corrected chi connectivity index (χ2v) is 10.2. The van der Waals surface area contributed by atoms with E-state index in [4.69, 9.17) is 0 Å². The van der Waals surface area contributed by atoms with E-state index in [1.54, 1.807) is 0 Å². The molecule has 0 radical (unpaired) electrons. The van der Waals surface area contributed by atoms with Gasteiger partial charge in [-0.1, -0.05) is 109 Å².